The third-order valence-electron chi connectivity index (χ3n) is 3.59. The minimum absolute atomic E-state index is 0.0513. The molecule has 1 fully saturated rings. The zero-order valence-electron chi connectivity index (χ0n) is 11.6. The normalized spacial score (nSPS) is 14.2. The lowest BCUT2D eigenvalue weighted by Crippen LogP contribution is -2.25. The third kappa shape index (κ3) is 3.07. The molecule has 2 aromatic rings. The van der Waals surface area contributed by atoms with Crippen molar-refractivity contribution in [1.82, 2.24) is 10.3 Å². The topological polar surface area (TPSA) is 42.0 Å². The monoisotopic (exact) mass is 286 g/mol. The van der Waals surface area contributed by atoms with Crippen molar-refractivity contribution >= 4 is 17.2 Å². The second-order valence-electron chi connectivity index (χ2n) is 5.24. The van der Waals surface area contributed by atoms with E-state index in [-0.39, 0.29) is 5.91 Å². The minimum atomic E-state index is -0.0513. The van der Waals surface area contributed by atoms with Crippen LogP contribution in [0, 0.1) is 5.92 Å². The van der Waals surface area contributed by atoms with Gasteiger partial charge in [-0.15, -0.1) is 11.3 Å². The lowest BCUT2D eigenvalue weighted by Gasteiger charge is -2.01. The van der Waals surface area contributed by atoms with Crippen molar-refractivity contribution in [1.29, 1.82) is 0 Å². The number of benzene rings is 1. The second-order valence-corrected chi connectivity index (χ2v) is 6.10. The molecular formula is C16H18N2OS. The van der Waals surface area contributed by atoms with Gasteiger partial charge in [0.1, 0.15) is 10.7 Å². The zero-order valence-corrected chi connectivity index (χ0v) is 12.4. The van der Waals surface area contributed by atoms with Gasteiger partial charge in [0.15, 0.2) is 0 Å². The van der Waals surface area contributed by atoms with Crippen molar-refractivity contribution in [3.8, 4) is 10.6 Å². The molecule has 1 aromatic heterocycles. The van der Waals surface area contributed by atoms with Crippen LogP contribution in [0.15, 0.2) is 29.6 Å². The number of aryl methyl sites for hydroxylation is 1. The van der Waals surface area contributed by atoms with E-state index in [2.05, 4.69) is 41.5 Å². The van der Waals surface area contributed by atoms with Gasteiger partial charge in [0.2, 0.25) is 0 Å². The lowest BCUT2D eigenvalue weighted by molar-refractivity contribution is 0.0947. The largest absolute Gasteiger partial charge is 0.350 e. The maximum absolute atomic E-state index is 12.0. The summed E-state index contributed by atoms with van der Waals surface area (Å²) in [6, 6.07) is 8.38. The number of nitrogens with zero attached hydrogens (tertiary/aromatic N) is 1. The predicted octanol–water partition coefficient (Wildman–Crippen LogP) is 3.51. The quantitative estimate of drug-likeness (QED) is 0.914. The van der Waals surface area contributed by atoms with Crippen molar-refractivity contribution in [2.24, 2.45) is 5.92 Å². The van der Waals surface area contributed by atoms with E-state index in [1.165, 1.54) is 29.7 Å². The average molecular weight is 286 g/mol. The van der Waals surface area contributed by atoms with Crippen molar-refractivity contribution in [2.45, 2.75) is 26.2 Å². The Hall–Kier alpha value is -1.68. The minimum Gasteiger partial charge on any atom is -0.350 e. The number of thiazole rings is 1. The molecule has 1 saturated carbocycles. The molecule has 0 radical (unpaired) electrons. The molecule has 0 bridgehead atoms. The van der Waals surface area contributed by atoms with Gasteiger partial charge >= 0.3 is 0 Å². The molecule has 1 aliphatic carbocycles. The fourth-order valence-electron chi connectivity index (χ4n) is 2.04. The fraction of sp³-hybridized carbons (Fsp3) is 0.375. The van der Waals surface area contributed by atoms with Gasteiger partial charge in [-0.2, -0.15) is 0 Å². The van der Waals surface area contributed by atoms with Crippen molar-refractivity contribution in [2.75, 3.05) is 6.54 Å². The first-order valence-corrected chi connectivity index (χ1v) is 7.97. The predicted molar refractivity (Wildman–Crippen MR) is 82.0 cm³/mol. The molecule has 0 atom stereocenters. The Bertz CT molecular complexity index is 599. The highest BCUT2D eigenvalue weighted by molar-refractivity contribution is 7.13. The Morgan fingerprint density at radius 1 is 1.35 bits per heavy atom. The molecule has 1 aromatic carbocycles. The number of aromatic nitrogens is 1. The van der Waals surface area contributed by atoms with Crippen LogP contribution in [0.2, 0.25) is 0 Å². The molecule has 20 heavy (non-hydrogen) atoms. The second kappa shape index (κ2) is 5.75. The van der Waals surface area contributed by atoms with E-state index in [4.69, 9.17) is 0 Å². The molecule has 1 heterocycles. The summed E-state index contributed by atoms with van der Waals surface area (Å²) < 4.78 is 0. The zero-order chi connectivity index (χ0) is 13.9. The number of hydrogen-bond acceptors (Lipinski definition) is 3. The number of amides is 1. The van der Waals surface area contributed by atoms with Crippen molar-refractivity contribution in [3.05, 3.63) is 40.9 Å². The first kappa shape index (κ1) is 13.3. The number of carbonyl (C=O) groups excluding carboxylic acids is 1. The maximum Gasteiger partial charge on any atom is 0.270 e. The third-order valence-corrected chi connectivity index (χ3v) is 4.49. The summed E-state index contributed by atoms with van der Waals surface area (Å²) in [6.45, 7) is 2.93. The lowest BCUT2D eigenvalue weighted by atomic mass is 10.1. The van der Waals surface area contributed by atoms with Crippen LogP contribution in [0.3, 0.4) is 0 Å². The Kier molecular flexibility index (Phi) is 3.83. The van der Waals surface area contributed by atoms with Crippen LogP contribution < -0.4 is 5.32 Å². The molecule has 4 heteroatoms. The van der Waals surface area contributed by atoms with E-state index in [0.29, 0.717) is 11.6 Å². The number of carbonyl (C=O) groups is 1. The molecular weight excluding hydrogens is 268 g/mol. The highest BCUT2D eigenvalue weighted by Gasteiger charge is 2.22. The van der Waals surface area contributed by atoms with E-state index in [0.717, 1.165) is 23.5 Å². The van der Waals surface area contributed by atoms with E-state index in [9.17, 15) is 4.79 Å². The average Bonchev–Trinajstić information content (AvgIpc) is 3.19. The molecule has 0 unspecified atom stereocenters. The van der Waals surface area contributed by atoms with Gasteiger partial charge in [0.25, 0.3) is 5.91 Å². The van der Waals surface area contributed by atoms with Crippen molar-refractivity contribution in [3.63, 3.8) is 0 Å². The number of nitrogens with one attached hydrogen (secondary N) is 1. The van der Waals surface area contributed by atoms with Gasteiger partial charge in [-0.05, 0) is 30.7 Å². The van der Waals surface area contributed by atoms with Gasteiger partial charge in [0, 0.05) is 17.5 Å². The summed E-state index contributed by atoms with van der Waals surface area (Å²) in [6.07, 6.45) is 3.52. The molecule has 3 nitrogen and oxygen atoms in total. The van der Waals surface area contributed by atoms with Gasteiger partial charge in [-0.1, -0.05) is 31.2 Å². The van der Waals surface area contributed by atoms with Gasteiger partial charge in [-0.3, -0.25) is 4.79 Å². The standard InChI is InChI=1S/C16H18N2OS/c1-2-11-5-7-13(8-6-11)16-18-14(10-20-16)15(19)17-9-12-3-4-12/h5-8,10,12H,2-4,9H2,1H3,(H,17,19). The maximum atomic E-state index is 12.0. The summed E-state index contributed by atoms with van der Waals surface area (Å²) in [5, 5.41) is 5.69. The Morgan fingerprint density at radius 2 is 2.10 bits per heavy atom. The van der Waals surface area contributed by atoms with E-state index in [1.54, 1.807) is 0 Å². The first-order chi connectivity index (χ1) is 9.76. The molecule has 3 rings (SSSR count). The number of hydrogen-bond donors (Lipinski definition) is 1. The summed E-state index contributed by atoms with van der Waals surface area (Å²) >= 11 is 1.52. The van der Waals surface area contributed by atoms with E-state index < -0.39 is 0 Å². The van der Waals surface area contributed by atoms with Crippen LogP contribution in [0.4, 0.5) is 0 Å². The first-order valence-electron chi connectivity index (χ1n) is 7.09. The molecule has 0 aliphatic heterocycles. The SMILES string of the molecule is CCc1ccc(-c2nc(C(=O)NCC3CC3)cs2)cc1. The molecule has 0 saturated heterocycles. The smallest absolute Gasteiger partial charge is 0.270 e. The van der Waals surface area contributed by atoms with Crippen LogP contribution in [0.5, 0.6) is 0 Å². The van der Waals surface area contributed by atoms with Crippen LogP contribution in [-0.4, -0.2) is 17.4 Å². The van der Waals surface area contributed by atoms with Crippen LogP contribution in [-0.2, 0) is 6.42 Å². The summed E-state index contributed by atoms with van der Waals surface area (Å²) in [5.74, 6) is 0.642. The summed E-state index contributed by atoms with van der Waals surface area (Å²) in [4.78, 5) is 16.4. The fourth-order valence-corrected chi connectivity index (χ4v) is 2.85. The van der Waals surface area contributed by atoms with Gasteiger partial charge < -0.3 is 5.32 Å². The molecule has 1 aliphatic rings. The van der Waals surface area contributed by atoms with E-state index in [1.807, 2.05) is 5.38 Å². The highest BCUT2D eigenvalue weighted by Crippen LogP contribution is 2.28. The molecule has 0 spiro atoms. The van der Waals surface area contributed by atoms with Gasteiger partial charge in [-0.25, -0.2) is 4.98 Å². The van der Waals surface area contributed by atoms with Crippen LogP contribution in [0.1, 0.15) is 35.8 Å². The van der Waals surface area contributed by atoms with Crippen molar-refractivity contribution < 1.29 is 4.79 Å². The van der Waals surface area contributed by atoms with E-state index >= 15 is 0 Å². The van der Waals surface area contributed by atoms with Crippen LogP contribution >= 0.6 is 11.3 Å². The molecule has 104 valence electrons. The Balaban J connectivity index is 1.69. The number of rotatable bonds is 5. The summed E-state index contributed by atoms with van der Waals surface area (Å²) in [5.41, 5.74) is 2.92. The van der Waals surface area contributed by atoms with Gasteiger partial charge in [0.05, 0.1) is 0 Å². The Morgan fingerprint density at radius 3 is 2.75 bits per heavy atom. The van der Waals surface area contributed by atoms with Crippen LogP contribution in [0.25, 0.3) is 10.6 Å². The molecule has 1 N–H and O–H groups in total. The molecule has 1 amide bonds. The summed E-state index contributed by atoms with van der Waals surface area (Å²) in [7, 11) is 0. The Labute approximate surface area is 123 Å². The highest BCUT2D eigenvalue weighted by atomic mass is 32.1.